The number of nitrogens with two attached hydrogens (primary N) is 1. The Balaban J connectivity index is 1.54. The van der Waals surface area contributed by atoms with Crippen LogP contribution in [-0.2, 0) is 13.1 Å². The second-order valence-corrected chi connectivity index (χ2v) is 6.97. The lowest BCUT2D eigenvalue weighted by Gasteiger charge is -2.34. The molecule has 0 saturated carbocycles. The summed E-state index contributed by atoms with van der Waals surface area (Å²) in [7, 11) is 3.81. The average molecular weight is 333 g/mol. The van der Waals surface area contributed by atoms with Gasteiger partial charge < -0.3 is 10.6 Å². The van der Waals surface area contributed by atoms with Crippen LogP contribution >= 0.6 is 11.3 Å². The van der Waals surface area contributed by atoms with E-state index in [0.29, 0.717) is 5.95 Å². The van der Waals surface area contributed by atoms with Crippen LogP contribution in [0.2, 0.25) is 0 Å². The SMILES string of the molecule is CN(C)c1nc(N)nc(CN2CCN(Cc3cccs3)CC2)n1. The maximum atomic E-state index is 5.79. The van der Waals surface area contributed by atoms with Gasteiger partial charge in [0.1, 0.15) is 5.82 Å². The van der Waals surface area contributed by atoms with Crippen LogP contribution in [-0.4, -0.2) is 65.0 Å². The summed E-state index contributed by atoms with van der Waals surface area (Å²) in [6, 6.07) is 4.32. The maximum absolute atomic E-state index is 5.79. The molecular formula is C15H23N7S. The van der Waals surface area contributed by atoms with Crippen molar-refractivity contribution < 1.29 is 0 Å². The molecule has 124 valence electrons. The van der Waals surface area contributed by atoms with Crippen molar-refractivity contribution in [2.24, 2.45) is 0 Å². The van der Waals surface area contributed by atoms with Crippen LogP contribution in [0.5, 0.6) is 0 Å². The number of nitrogens with zero attached hydrogens (tertiary/aromatic N) is 6. The van der Waals surface area contributed by atoms with Gasteiger partial charge in [0.05, 0.1) is 6.54 Å². The smallest absolute Gasteiger partial charge is 0.229 e. The molecule has 0 spiro atoms. The van der Waals surface area contributed by atoms with Crippen LogP contribution < -0.4 is 10.6 Å². The number of thiophene rings is 1. The number of aromatic nitrogens is 3. The molecule has 0 radical (unpaired) electrons. The van der Waals surface area contributed by atoms with E-state index in [4.69, 9.17) is 5.73 Å². The lowest BCUT2D eigenvalue weighted by molar-refractivity contribution is 0.120. The van der Waals surface area contributed by atoms with Crippen molar-refractivity contribution >= 4 is 23.2 Å². The Morgan fingerprint density at radius 1 is 1.09 bits per heavy atom. The Bertz CT molecular complexity index is 621. The number of hydrogen-bond donors (Lipinski definition) is 1. The largest absolute Gasteiger partial charge is 0.368 e. The highest BCUT2D eigenvalue weighted by atomic mass is 32.1. The zero-order valence-corrected chi connectivity index (χ0v) is 14.5. The molecule has 8 heteroatoms. The van der Waals surface area contributed by atoms with E-state index in [0.717, 1.165) is 45.1 Å². The zero-order valence-electron chi connectivity index (χ0n) is 13.6. The van der Waals surface area contributed by atoms with Gasteiger partial charge in [-0.2, -0.15) is 15.0 Å². The molecule has 0 amide bonds. The van der Waals surface area contributed by atoms with Crippen LogP contribution in [0.1, 0.15) is 10.7 Å². The van der Waals surface area contributed by atoms with E-state index in [-0.39, 0.29) is 5.95 Å². The summed E-state index contributed by atoms with van der Waals surface area (Å²) in [5, 5.41) is 2.14. The lowest BCUT2D eigenvalue weighted by atomic mass is 10.3. The Morgan fingerprint density at radius 2 is 1.78 bits per heavy atom. The Morgan fingerprint density at radius 3 is 2.39 bits per heavy atom. The zero-order chi connectivity index (χ0) is 16.2. The van der Waals surface area contributed by atoms with Crippen molar-refractivity contribution in [1.82, 2.24) is 24.8 Å². The van der Waals surface area contributed by atoms with E-state index in [1.54, 1.807) is 0 Å². The first kappa shape index (κ1) is 16.1. The van der Waals surface area contributed by atoms with Gasteiger partial charge in [0, 0.05) is 51.7 Å². The molecule has 1 saturated heterocycles. The summed E-state index contributed by atoms with van der Waals surface area (Å²) in [6.07, 6.45) is 0. The number of hydrogen-bond acceptors (Lipinski definition) is 8. The first-order valence-corrected chi connectivity index (χ1v) is 8.63. The van der Waals surface area contributed by atoms with Crippen molar-refractivity contribution in [2.75, 3.05) is 50.9 Å². The van der Waals surface area contributed by atoms with Gasteiger partial charge in [0.2, 0.25) is 11.9 Å². The van der Waals surface area contributed by atoms with Crippen molar-refractivity contribution in [3.8, 4) is 0 Å². The standard InChI is InChI=1S/C15H23N7S/c1-20(2)15-18-13(17-14(16)19-15)11-22-7-5-21(6-8-22)10-12-4-3-9-23-12/h3-4,9H,5-8,10-11H2,1-2H3,(H2,16,17,18,19). The third kappa shape index (κ3) is 4.37. The summed E-state index contributed by atoms with van der Waals surface area (Å²) < 4.78 is 0. The number of anilines is 2. The first-order valence-electron chi connectivity index (χ1n) is 7.75. The molecule has 0 unspecified atom stereocenters. The third-order valence-corrected chi connectivity index (χ3v) is 4.74. The minimum Gasteiger partial charge on any atom is -0.368 e. The van der Waals surface area contributed by atoms with E-state index in [1.807, 2.05) is 30.3 Å². The van der Waals surface area contributed by atoms with Gasteiger partial charge in [-0.1, -0.05) is 6.07 Å². The summed E-state index contributed by atoms with van der Waals surface area (Å²) in [5.41, 5.74) is 5.79. The molecule has 23 heavy (non-hydrogen) atoms. The highest BCUT2D eigenvalue weighted by molar-refractivity contribution is 7.09. The minimum atomic E-state index is 0.287. The van der Waals surface area contributed by atoms with Crippen LogP contribution in [0.15, 0.2) is 17.5 Å². The monoisotopic (exact) mass is 333 g/mol. The number of piperazine rings is 1. The lowest BCUT2D eigenvalue weighted by Crippen LogP contribution is -2.45. The predicted molar refractivity (Wildman–Crippen MR) is 93.4 cm³/mol. The van der Waals surface area contributed by atoms with Gasteiger partial charge in [-0.3, -0.25) is 9.80 Å². The van der Waals surface area contributed by atoms with Crippen molar-refractivity contribution in [3.05, 3.63) is 28.2 Å². The molecule has 1 fully saturated rings. The normalized spacial score (nSPS) is 16.6. The second kappa shape index (κ2) is 7.20. The van der Waals surface area contributed by atoms with E-state index in [9.17, 15) is 0 Å². The Hall–Kier alpha value is -1.77. The summed E-state index contributed by atoms with van der Waals surface area (Å²) >= 11 is 1.83. The molecule has 1 aliphatic rings. The number of rotatable bonds is 5. The molecule has 0 atom stereocenters. The van der Waals surface area contributed by atoms with Crippen molar-refractivity contribution in [3.63, 3.8) is 0 Å². The van der Waals surface area contributed by atoms with Crippen molar-refractivity contribution in [1.29, 1.82) is 0 Å². The molecular weight excluding hydrogens is 310 g/mol. The van der Waals surface area contributed by atoms with Gasteiger partial charge in [-0.05, 0) is 11.4 Å². The fourth-order valence-electron chi connectivity index (χ4n) is 2.62. The highest BCUT2D eigenvalue weighted by Crippen LogP contribution is 2.14. The first-order chi connectivity index (χ1) is 11.1. The predicted octanol–water partition coefficient (Wildman–Crippen LogP) is 0.899. The van der Waals surface area contributed by atoms with Crippen LogP contribution in [0.3, 0.4) is 0 Å². The van der Waals surface area contributed by atoms with Crippen LogP contribution in [0, 0.1) is 0 Å². The van der Waals surface area contributed by atoms with Gasteiger partial charge in [0.25, 0.3) is 0 Å². The second-order valence-electron chi connectivity index (χ2n) is 5.94. The summed E-state index contributed by atoms with van der Waals surface area (Å²) in [5.74, 6) is 1.65. The van der Waals surface area contributed by atoms with Crippen LogP contribution in [0.4, 0.5) is 11.9 Å². The maximum Gasteiger partial charge on any atom is 0.229 e. The molecule has 1 aliphatic heterocycles. The molecule has 0 aliphatic carbocycles. The average Bonchev–Trinajstić information content (AvgIpc) is 3.01. The molecule has 2 aromatic rings. The fourth-order valence-corrected chi connectivity index (χ4v) is 3.37. The van der Waals surface area contributed by atoms with Gasteiger partial charge >= 0.3 is 0 Å². The quantitative estimate of drug-likeness (QED) is 0.871. The molecule has 7 nitrogen and oxygen atoms in total. The van der Waals surface area contributed by atoms with Gasteiger partial charge in [0.15, 0.2) is 0 Å². The van der Waals surface area contributed by atoms with E-state index in [2.05, 4.69) is 42.3 Å². The number of nitrogen functional groups attached to an aromatic ring is 1. The molecule has 2 aromatic heterocycles. The third-order valence-electron chi connectivity index (χ3n) is 3.88. The summed E-state index contributed by atoms with van der Waals surface area (Å²) in [6.45, 7) is 5.95. The van der Waals surface area contributed by atoms with E-state index < -0.39 is 0 Å². The Kier molecular flexibility index (Phi) is 5.04. The fraction of sp³-hybridized carbons (Fsp3) is 0.533. The van der Waals surface area contributed by atoms with Gasteiger partial charge in [-0.25, -0.2) is 0 Å². The minimum absolute atomic E-state index is 0.287. The van der Waals surface area contributed by atoms with Gasteiger partial charge in [-0.15, -0.1) is 11.3 Å². The molecule has 3 rings (SSSR count). The van der Waals surface area contributed by atoms with Crippen molar-refractivity contribution in [2.45, 2.75) is 13.1 Å². The summed E-state index contributed by atoms with van der Waals surface area (Å²) in [4.78, 5) is 21.0. The Labute approximate surface area is 140 Å². The molecule has 0 aromatic carbocycles. The van der Waals surface area contributed by atoms with E-state index in [1.165, 1.54) is 4.88 Å². The molecule has 0 bridgehead atoms. The highest BCUT2D eigenvalue weighted by Gasteiger charge is 2.19. The molecule has 3 heterocycles. The molecule has 2 N–H and O–H groups in total. The van der Waals surface area contributed by atoms with E-state index >= 15 is 0 Å². The topological polar surface area (TPSA) is 74.4 Å². The van der Waals surface area contributed by atoms with Crippen LogP contribution in [0.25, 0.3) is 0 Å².